The van der Waals surface area contributed by atoms with E-state index in [1.165, 1.54) is 0 Å². The van der Waals surface area contributed by atoms with Crippen LogP contribution in [0.15, 0.2) is 24.3 Å². The number of anilines is 1. The SMILES string of the molecule is COC1(C(=O)NCc2cccc(NC(=O)C3CCCC3)c2)CCNCC1. The maximum atomic E-state index is 12.6. The molecule has 1 aromatic rings. The maximum Gasteiger partial charge on any atom is 0.252 e. The molecule has 0 atom stereocenters. The Morgan fingerprint density at radius 2 is 1.96 bits per heavy atom. The maximum absolute atomic E-state index is 12.6. The van der Waals surface area contributed by atoms with Crippen LogP contribution in [0.4, 0.5) is 5.69 Å². The van der Waals surface area contributed by atoms with Crippen molar-refractivity contribution in [2.45, 2.75) is 50.7 Å². The van der Waals surface area contributed by atoms with Crippen molar-refractivity contribution in [2.75, 3.05) is 25.5 Å². The predicted molar refractivity (Wildman–Crippen MR) is 101 cm³/mol. The molecule has 0 aromatic heterocycles. The van der Waals surface area contributed by atoms with E-state index in [1.54, 1.807) is 7.11 Å². The summed E-state index contributed by atoms with van der Waals surface area (Å²) in [6, 6.07) is 7.67. The van der Waals surface area contributed by atoms with Crippen LogP contribution in [-0.2, 0) is 20.9 Å². The molecule has 1 saturated heterocycles. The fraction of sp³-hybridized carbons (Fsp3) is 0.600. The lowest BCUT2D eigenvalue weighted by Gasteiger charge is -2.34. The number of carbonyl (C=O) groups excluding carboxylic acids is 2. The molecule has 0 bridgehead atoms. The van der Waals surface area contributed by atoms with Gasteiger partial charge in [-0.25, -0.2) is 0 Å². The fourth-order valence-electron chi connectivity index (χ4n) is 3.89. The standard InChI is InChI=1S/C20H29N3O3/c1-26-20(9-11-21-12-10-20)19(25)22-14-15-5-4-8-17(13-15)23-18(24)16-6-2-3-7-16/h4-5,8,13,16,21H,2-3,6-7,9-12,14H2,1H3,(H,22,25)(H,23,24). The van der Waals surface area contributed by atoms with E-state index >= 15 is 0 Å². The summed E-state index contributed by atoms with van der Waals surface area (Å²) in [4.78, 5) is 24.9. The molecule has 26 heavy (non-hydrogen) atoms. The van der Waals surface area contributed by atoms with Crippen molar-refractivity contribution in [1.29, 1.82) is 0 Å². The highest BCUT2D eigenvalue weighted by Crippen LogP contribution is 2.26. The van der Waals surface area contributed by atoms with Crippen LogP contribution >= 0.6 is 0 Å². The molecule has 6 heteroatoms. The van der Waals surface area contributed by atoms with E-state index < -0.39 is 5.60 Å². The summed E-state index contributed by atoms with van der Waals surface area (Å²) in [6.07, 6.45) is 5.59. The quantitative estimate of drug-likeness (QED) is 0.727. The number of ether oxygens (including phenoxy) is 1. The number of hydrogen-bond donors (Lipinski definition) is 3. The second kappa shape index (κ2) is 8.64. The van der Waals surface area contributed by atoms with Gasteiger partial charge >= 0.3 is 0 Å². The highest BCUT2D eigenvalue weighted by Gasteiger charge is 2.39. The summed E-state index contributed by atoms with van der Waals surface area (Å²) in [7, 11) is 1.60. The highest BCUT2D eigenvalue weighted by molar-refractivity contribution is 5.92. The normalized spacial score (nSPS) is 19.9. The van der Waals surface area contributed by atoms with E-state index in [-0.39, 0.29) is 17.7 Å². The molecule has 1 aromatic carbocycles. The van der Waals surface area contributed by atoms with Gasteiger partial charge in [0.05, 0.1) is 0 Å². The van der Waals surface area contributed by atoms with Crippen molar-refractivity contribution in [3.63, 3.8) is 0 Å². The molecule has 1 saturated carbocycles. The zero-order valence-electron chi connectivity index (χ0n) is 15.5. The van der Waals surface area contributed by atoms with Crippen LogP contribution in [0, 0.1) is 5.92 Å². The zero-order valence-corrected chi connectivity index (χ0v) is 15.5. The third kappa shape index (κ3) is 4.43. The van der Waals surface area contributed by atoms with Crippen molar-refractivity contribution >= 4 is 17.5 Å². The minimum absolute atomic E-state index is 0.0677. The Kier molecular flexibility index (Phi) is 6.27. The molecule has 2 fully saturated rings. The molecule has 2 aliphatic rings. The third-order valence-electron chi connectivity index (χ3n) is 5.59. The van der Waals surface area contributed by atoms with Crippen LogP contribution in [0.3, 0.4) is 0 Å². The van der Waals surface area contributed by atoms with E-state index in [9.17, 15) is 9.59 Å². The average Bonchev–Trinajstić information content (AvgIpc) is 3.22. The summed E-state index contributed by atoms with van der Waals surface area (Å²) < 4.78 is 5.55. The van der Waals surface area contributed by atoms with Gasteiger partial charge in [0.1, 0.15) is 5.60 Å². The van der Waals surface area contributed by atoms with E-state index in [0.29, 0.717) is 19.4 Å². The first-order chi connectivity index (χ1) is 12.6. The topological polar surface area (TPSA) is 79.5 Å². The van der Waals surface area contributed by atoms with Gasteiger partial charge < -0.3 is 20.7 Å². The van der Waals surface area contributed by atoms with Crippen molar-refractivity contribution < 1.29 is 14.3 Å². The number of nitrogens with one attached hydrogen (secondary N) is 3. The average molecular weight is 359 g/mol. The summed E-state index contributed by atoms with van der Waals surface area (Å²) in [6.45, 7) is 1.98. The zero-order chi connectivity index (χ0) is 18.4. The van der Waals surface area contributed by atoms with E-state index in [1.807, 2.05) is 24.3 Å². The van der Waals surface area contributed by atoms with Crippen LogP contribution < -0.4 is 16.0 Å². The smallest absolute Gasteiger partial charge is 0.252 e. The molecule has 0 unspecified atom stereocenters. The second-order valence-electron chi connectivity index (χ2n) is 7.30. The van der Waals surface area contributed by atoms with Gasteiger partial charge in [-0.1, -0.05) is 25.0 Å². The van der Waals surface area contributed by atoms with Crippen molar-refractivity contribution in [3.8, 4) is 0 Å². The molecule has 6 nitrogen and oxygen atoms in total. The van der Waals surface area contributed by atoms with Crippen LogP contribution in [-0.4, -0.2) is 37.6 Å². The van der Waals surface area contributed by atoms with Crippen LogP contribution in [0.25, 0.3) is 0 Å². The molecule has 3 rings (SSSR count). The van der Waals surface area contributed by atoms with Crippen molar-refractivity contribution in [3.05, 3.63) is 29.8 Å². The number of amides is 2. The van der Waals surface area contributed by atoms with Crippen LogP contribution in [0.1, 0.15) is 44.1 Å². The summed E-state index contributed by atoms with van der Waals surface area (Å²) in [5.41, 5.74) is 1.01. The van der Waals surface area contributed by atoms with Crippen molar-refractivity contribution in [2.24, 2.45) is 5.92 Å². The lowest BCUT2D eigenvalue weighted by molar-refractivity contribution is -0.146. The third-order valence-corrected chi connectivity index (χ3v) is 5.59. The number of hydrogen-bond acceptors (Lipinski definition) is 4. The summed E-state index contributed by atoms with van der Waals surface area (Å²) in [5, 5.41) is 9.25. The molecule has 0 radical (unpaired) electrons. The van der Waals surface area contributed by atoms with E-state index in [4.69, 9.17) is 4.74 Å². The number of methoxy groups -OCH3 is 1. The summed E-state index contributed by atoms with van der Waals surface area (Å²) in [5.74, 6) is 0.179. The first-order valence-corrected chi connectivity index (χ1v) is 9.57. The Morgan fingerprint density at radius 3 is 2.65 bits per heavy atom. The first kappa shape index (κ1) is 18.9. The van der Waals surface area contributed by atoms with Gasteiger partial charge in [0, 0.05) is 25.3 Å². The monoisotopic (exact) mass is 359 g/mol. The molecule has 1 heterocycles. The van der Waals surface area contributed by atoms with Crippen molar-refractivity contribution in [1.82, 2.24) is 10.6 Å². The number of benzene rings is 1. The Bertz CT molecular complexity index is 635. The molecule has 1 aliphatic carbocycles. The lowest BCUT2D eigenvalue weighted by atomic mass is 9.91. The van der Waals surface area contributed by atoms with Gasteiger partial charge in [-0.2, -0.15) is 0 Å². The molecule has 2 amide bonds. The Balaban J connectivity index is 1.56. The van der Waals surface area contributed by atoms with Gasteiger partial charge in [-0.15, -0.1) is 0 Å². The fourth-order valence-corrected chi connectivity index (χ4v) is 3.89. The van der Waals surface area contributed by atoms with Gasteiger partial charge in [-0.05, 0) is 56.5 Å². The van der Waals surface area contributed by atoms with Crippen LogP contribution in [0.5, 0.6) is 0 Å². The van der Waals surface area contributed by atoms with Gasteiger partial charge in [0.2, 0.25) is 5.91 Å². The van der Waals surface area contributed by atoms with Gasteiger partial charge in [0.15, 0.2) is 0 Å². The molecule has 3 N–H and O–H groups in total. The Hall–Kier alpha value is -1.92. The molecular weight excluding hydrogens is 330 g/mol. The number of carbonyl (C=O) groups is 2. The molecule has 1 aliphatic heterocycles. The van der Waals surface area contributed by atoms with Gasteiger partial charge in [-0.3, -0.25) is 9.59 Å². The largest absolute Gasteiger partial charge is 0.368 e. The minimum atomic E-state index is -0.737. The number of rotatable bonds is 6. The highest BCUT2D eigenvalue weighted by atomic mass is 16.5. The number of piperidine rings is 1. The predicted octanol–water partition coefficient (Wildman–Crippen LogP) is 2.20. The summed E-state index contributed by atoms with van der Waals surface area (Å²) >= 11 is 0. The van der Waals surface area contributed by atoms with Crippen LogP contribution in [0.2, 0.25) is 0 Å². The Morgan fingerprint density at radius 1 is 1.23 bits per heavy atom. The minimum Gasteiger partial charge on any atom is -0.368 e. The molecule has 0 spiro atoms. The first-order valence-electron chi connectivity index (χ1n) is 9.57. The van der Waals surface area contributed by atoms with E-state index in [0.717, 1.165) is 50.0 Å². The molecular formula is C20H29N3O3. The molecule has 142 valence electrons. The lowest BCUT2D eigenvalue weighted by Crippen LogP contribution is -2.53. The Labute approximate surface area is 155 Å². The second-order valence-corrected chi connectivity index (χ2v) is 7.30. The van der Waals surface area contributed by atoms with Gasteiger partial charge in [0.25, 0.3) is 5.91 Å². The van der Waals surface area contributed by atoms with E-state index in [2.05, 4.69) is 16.0 Å².